The number of nitrogens with one attached hydrogen (secondary N) is 1. The van der Waals surface area contributed by atoms with Gasteiger partial charge in [-0.15, -0.1) is 0 Å². The molecule has 0 aliphatic heterocycles. The van der Waals surface area contributed by atoms with Gasteiger partial charge in [0.2, 0.25) is 0 Å². The fraction of sp³-hybridized carbons (Fsp3) is 0. The predicted molar refractivity (Wildman–Crippen MR) is 90.2 cm³/mol. The van der Waals surface area contributed by atoms with E-state index in [1.54, 1.807) is 48.5 Å². The Kier molecular flexibility index (Phi) is 5.35. The number of benzene rings is 2. The summed E-state index contributed by atoms with van der Waals surface area (Å²) in [4.78, 5) is 23.6. The van der Waals surface area contributed by atoms with Crippen LogP contribution in [0.1, 0.15) is 15.9 Å². The highest BCUT2D eigenvalue weighted by Gasteiger charge is 2.11. The number of rotatable bonds is 4. The van der Waals surface area contributed by atoms with Crippen LogP contribution in [-0.4, -0.2) is 11.8 Å². The zero-order valence-corrected chi connectivity index (χ0v) is 13.7. The molecular weight excluding hydrogens is 368 g/mol. The highest BCUT2D eigenvalue weighted by atomic mass is 79.9. The summed E-state index contributed by atoms with van der Waals surface area (Å²) in [6.45, 7) is 0. The van der Waals surface area contributed by atoms with Gasteiger partial charge in [0.1, 0.15) is 5.70 Å². The lowest BCUT2D eigenvalue weighted by atomic mass is 10.1. The quantitative estimate of drug-likeness (QED) is 0.800. The maximum Gasteiger partial charge on any atom is 0.265 e. The van der Waals surface area contributed by atoms with E-state index in [1.165, 1.54) is 6.08 Å². The van der Waals surface area contributed by atoms with Crippen molar-refractivity contribution >= 4 is 45.4 Å². The molecule has 0 unspecified atom stereocenters. The normalized spacial score (nSPS) is 11.1. The predicted octanol–water partition coefficient (Wildman–Crippen LogP) is 3.36. The fourth-order valence-electron chi connectivity index (χ4n) is 1.69. The van der Waals surface area contributed by atoms with E-state index in [2.05, 4.69) is 21.2 Å². The molecule has 4 nitrogen and oxygen atoms in total. The number of halogens is 2. The molecule has 0 aromatic heterocycles. The van der Waals surface area contributed by atoms with Crippen LogP contribution in [0.2, 0.25) is 5.02 Å². The van der Waals surface area contributed by atoms with E-state index in [0.717, 1.165) is 4.47 Å². The van der Waals surface area contributed by atoms with Crippen LogP contribution >= 0.6 is 27.5 Å². The molecule has 0 saturated carbocycles. The standard InChI is InChI=1S/C16H12BrClN2O2/c17-12-5-3-11(4-6-12)16(22)20-14(15(19)21)9-10-1-7-13(18)8-2-10/h1-9H,(H2,19,21)(H,20,22). The van der Waals surface area contributed by atoms with Crippen LogP contribution in [-0.2, 0) is 4.79 Å². The maximum absolute atomic E-state index is 12.1. The van der Waals surface area contributed by atoms with Crippen LogP contribution in [0, 0.1) is 0 Å². The van der Waals surface area contributed by atoms with Crippen molar-refractivity contribution in [3.8, 4) is 0 Å². The summed E-state index contributed by atoms with van der Waals surface area (Å²) < 4.78 is 0.857. The first-order chi connectivity index (χ1) is 10.5. The van der Waals surface area contributed by atoms with Crippen molar-refractivity contribution in [3.63, 3.8) is 0 Å². The van der Waals surface area contributed by atoms with E-state index < -0.39 is 11.8 Å². The van der Waals surface area contributed by atoms with Crippen LogP contribution in [0.4, 0.5) is 0 Å². The lowest BCUT2D eigenvalue weighted by Gasteiger charge is -2.07. The molecule has 0 bridgehead atoms. The highest BCUT2D eigenvalue weighted by Crippen LogP contribution is 2.13. The maximum atomic E-state index is 12.1. The van der Waals surface area contributed by atoms with E-state index in [-0.39, 0.29) is 5.70 Å². The third-order valence-electron chi connectivity index (χ3n) is 2.80. The molecule has 6 heteroatoms. The molecule has 2 aromatic rings. The molecule has 2 rings (SSSR count). The van der Waals surface area contributed by atoms with Gasteiger partial charge in [0.25, 0.3) is 11.8 Å². The second kappa shape index (κ2) is 7.24. The number of primary amides is 1. The van der Waals surface area contributed by atoms with Gasteiger partial charge in [0, 0.05) is 15.1 Å². The van der Waals surface area contributed by atoms with Gasteiger partial charge < -0.3 is 11.1 Å². The Bertz CT molecular complexity index is 725. The van der Waals surface area contributed by atoms with Crippen LogP contribution in [0.15, 0.2) is 58.7 Å². The Hall–Kier alpha value is -2.11. The van der Waals surface area contributed by atoms with E-state index in [4.69, 9.17) is 17.3 Å². The first kappa shape index (κ1) is 16.3. The largest absolute Gasteiger partial charge is 0.364 e. The van der Waals surface area contributed by atoms with Crippen LogP contribution in [0.3, 0.4) is 0 Å². The Morgan fingerprint density at radius 1 is 1.05 bits per heavy atom. The summed E-state index contributed by atoms with van der Waals surface area (Å²) in [5.41, 5.74) is 6.44. The van der Waals surface area contributed by atoms with Gasteiger partial charge in [-0.3, -0.25) is 9.59 Å². The van der Waals surface area contributed by atoms with Crippen molar-refractivity contribution in [2.24, 2.45) is 5.73 Å². The molecule has 112 valence electrons. The molecule has 0 spiro atoms. The molecule has 0 aliphatic rings. The Morgan fingerprint density at radius 3 is 2.18 bits per heavy atom. The molecular formula is C16H12BrClN2O2. The number of hydrogen-bond donors (Lipinski definition) is 2. The van der Waals surface area contributed by atoms with Crippen LogP contribution in [0.25, 0.3) is 6.08 Å². The van der Waals surface area contributed by atoms with Crippen molar-refractivity contribution in [3.05, 3.63) is 74.9 Å². The molecule has 0 heterocycles. The molecule has 0 saturated heterocycles. The summed E-state index contributed by atoms with van der Waals surface area (Å²) in [6.07, 6.45) is 1.50. The van der Waals surface area contributed by atoms with Crippen molar-refractivity contribution in [2.75, 3.05) is 0 Å². The summed E-state index contributed by atoms with van der Waals surface area (Å²) in [5.74, 6) is -1.13. The fourth-order valence-corrected chi connectivity index (χ4v) is 2.08. The first-order valence-corrected chi connectivity index (χ1v) is 7.47. The molecule has 0 radical (unpaired) electrons. The average molecular weight is 380 g/mol. The highest BCUT2D eigenvalue weighted by molar-refractivity contribution is 9.10. The number of nitrogens with two attached hydrogens (primary N) is 1. The zero-order valence-electron chi connectivity index (χ0n) is 11.3. The minimum absolute atomic E-state index is 0.00948. The number of carbonyl (C=O) groups excluding carboxylic acids is 2. The smallest absolute Gasteiger partial charge is 0.265 e. The molecule has 3 N–H and O–H groups in total. The van der Waals surface area contributed by atoms with E-state index >= 15 is 0 Å². The van der Waals surface area contributed by atoms with Gasteiger partial charge in [-0.1, -0.05) is 39.7 Å². The number of carbonyl (C=O) groups is 2. The summed E-state index contributed by atoms with van der Waals surface area (Å²) >= 11 is 9.09. The van der Waals surface area contributed by atoms with Gasteiger partial charge >= 0.3 is 0 Å². The van der Waals surface area contributed by atoms with E-state index in [0.29, 0.717) is 16.1 Å². The second-order valence-corrected chi connectivity index (χ2v) is 5.79. The van der Waals surface area contributed by atoms with Gasteiger partial charge in [0.15, 0.2) is 0 Å². The Labute approximate surface area is 141 Å². The van der Waals surface area contributed by atoms with Crippen molar-refractivity contribution in [1.29, 1.82) is 0 Å². The monoisotopic (exact) mass is 378 g/mol. The molecule has 22 heavy (non-hydrogen) atoms. The zero-order chi connectivity index (χ0) is 16.1. The van der Waals surface area contributed by atoms with Crippen molar-refractivity contribution in [2.45, 2.75) is 0 Å². The molecule has 0 aliphatic carbocycles. The first-order valence-electron chi connectivity index (χ1n) is 6.29. The Morgan fingerprint density at radius 2 is 1.64 bits per heavy atom. The summed E-state index contributed by atoms with van der Waals surface area (Å²) in [5, 5.41) is 3.09. The van der Waals surface area contributed by atoms with Crippen LogP contribution in [0.5, 0.6) is 0 Å². The minimum atomic E-state index is -0.722. The molecule has 0 fully saturated rings. The van der Waals surface area contributed by atoms with Crippen LogP contribution < -0.4 is 11.1 Å². The molecule has 2 aromatic carbocycles. The summed E-state index contributed by atoms with van der Waals surface area (Å²) in [6, 6.07) is 13.6. The molecule has 2 amide bonds. The van der Waals surface area contributed by atoms with E-state index in [9.17, 15) is 9.59 Å². The van der Waals surface area contributed by atoms with Crippen molar-refractivity contribution in [1.82, 2.24) is 5.32 Å². The van der Waals surface area contributed by atoms with Gasteiger partial charge in [-0.2, -0.15) is 0 Å². The SMILES string of the molecule is NC(=O)C(=Cc1ccc(Cl)cc1)NC(=O)c1ccc(Br)cc1. The van der Waals surface area contributed by atoms with E-state index in [1.807, 2.05) is 0 Å². The van der Waals surface area contributed by atoms with Crippen molar-refractivity contribution < 1.29 is 9.59 Å². The third kappa shape index (κ3) is 4.44. The lowest BCUT2D eigenvalue weighted by molar-refractivity contribution is -0.114. The topological polar surface area (TPSA) is 72.2 Å². The van der Waals surface area contributed by atoms with Gasteiger partial charge in [0.05, 0.1) is 0 Å². The van der Waals surface area contributed by atoms with Gasteiger partial charge in [-0.05, 0) is 48.0 Å². The second-order valence-electron chi connectivity index (χ2n) is 4.43. The lowest BCUT2D eigenvalue weighted by Crippen LogP contribution is -2.31. The number of hydrogen-bond acceptors (Lipinski definition) is 2. The summed E-state index contributed by atoms with van der Waals surface area (Å²) in [7, 11) is 0. The minimum Gasteiger partial charge on any atom is -0.364 e. The third-order valence-corrected chi connectivity index (χ3v) is 3.58. The van der Waals surface area contributed by atoms with Gasteiger partial charge in [-0.25, -0.2) is 0 Å². The average Bonchev–Trinajstić information content (AvgIpc) is 2.49. The Balaban J connectivity index is 2.21. The number of amides is 2. The molecule has 0 atom stereocenters.